The van der Waals surface area contributed by atoms with Gasteiger partial charge in [-0.1, -0.05) is 5.16 Å². The van der Waals surface area contributed by atoms with E-state index in [1.165, 1.54) is 6.20 Å². The lowest BCUT2D eigenvalue weighted by atomic mass is 10.1. The van der Waals surface area contributed by atoms with Crippen molar-refractivity contribution in [1.29, 1.82) is 0 Å². The number of aromatic amines is 1. The maximum Gasteiger partial charge on any atom is 0.260 e. The molecule has 3 aromatic rings. The molecule has 0 spiro atoms. The van der Waals surface area contributed by atoms with Crippen molar-refractivity contribution in [2.75, 3.05) is 12.8 Å². The van der Waals surface area contributed by atoms with Gasteiger partial charge in [0.1, 0.15) is 5.75 Å². The Hall–Kier alpha value is -2.90. The fourth-order valence-electron chi connectivity index (χ4n) is 1.59. The zero-order chi connectivity index (χ0) is 13.2. The van der Waals surface area contributed by atoms with Gasteiger partial charge >= 0.3 is 0 Å². The Bertz CT molecular complexity index is 691. The number of nitrogen functional groups attached to an aromatic ring is 1. The number of nitrogens with two attached hydrogens (primary N) is 1. The Morgan fingerprint density at radius 1 is 1.37 bits per heavy atom. The van der Waals surface area contributed by atoms with Crippen molar-refractivity contribution in [1.82, 2.24) is 25.6 Å². The van der Waals surface area contributed by atoms with Gasteiger partial charge in [0, 0.05) is 5.69 Å². The smallest absolute Gasteiger partial charge is 0.260 e. The summed E-state index contributed by atoms with van der Waals surface area (Å²) in [5.41, 5.74) is 7.52. The molecule has 0 saturated heterocycles. The summed E-state index contributed by atoms with van der Waals surface area (Å²) in [7, 11) is 1.57. The number of methoxy groups -OCH3 is 1. The Morgan fingerprint density at radius 2 is 2.26 bits per heavy atom. The van der Waals surface area contributed by atoms with Crippen LogP contribution in [-0.2, 0) is 0 Å². The maximum atomic E-state index is 5.89. The third-order valence-electron chi connectivity index (χ3n) is 2.56. The van der Waals surface area contributed by atoms with Gasteiger partial charge in [-0.05, 0) is 18.2 Å². The predicted molar refractivity (Wildman–Crippen MR) is 66.1 cm³/mol. The molecular formula is C11H10N6O2. The van der Waals surface area contributed by atoms with Crippen molar-refractivity contribution in [2.24, 2.45) is 0 Å². The van der Waals surface area contributed by atoms with Gasteiger partial charge in [-0.15, -0.1) is 0 Å². The molecule has 8 heteroatoms. The van der Waals surface area contributed by atoms with E-state index in [0.717, 1.165) is 0 Å². The highest BCUT2D eigenvalue weighted by Gasteiger charge is 2.15. The molecule has 0 aliphatic carbocycles. The number of nitrogens with one attached hydrogen (secondary N) is 1. The molecule has 0 saturated carbocycles. The highest BCUT2D eigenvalue weighted by atomic mass is 16.5. The van der Waals surface area contributed by atoms with Gasteiger partial charge < -0.3 is 15.0 Å². The molecule has 0 aliphatic heterocycles. The van der Waals surface area contributed by atoms with Crippen LogP contribution in [-0.4, -0.2) is 32.7 Å². The first-order valence-electron chi connectivity index (χ1n) is 5.41. The Balaban J connectivity index is 2.03. The number of hydrogen-bond donors (Lipinski definition) is 2. The second kappa shape index (κ2) is 4.41. The van der Waals surface area contributed by atoms with Crippen LogP contribution >= 0.6 is 0 Å². The van der Waals surface area contributed by atoms with Gasteiger partial charge in [0.15, 0.2) is 5.69 Å². The summed E-state index contributed by atoms with van der Waals surface area (Å²) in [6, 6.07) is 5.21. The molecule has 2 aromatic heterocycles. The first kappa shape index (κ1) is 11.2. The maximum absolute atomic E-state index is 5.89. The summed E-state index contributed by atoms with van der Waals surface area (Å²) >= 11 is 0. The molecule has 8 nitrogen and oxygen atoms in total. The van der Waals surface area contributed by atoms with Crippen molar-refractivity contribution in [3.8, 4) is 28.7 Å². The molecule has 0 atom stereocenters. The summed E-state index contributed by atoms with van der Waals surface area (Å²) in [5.74, 6) is 1.30. The molecule has 19 heavy (non-hydrogen) atoms. The zero-order valence-electron chi connectivity index (χ0n) is 9.99. The average Bonchev–Trinajstić information content (AvgIpc) is 3.10. The van der Waals surface area contributed by atoms with Crippen LogP contribution in [0.2, 0.25) is 0 Å². The standard InChI is InChI=1S/C11H10N6O2/c1-18-6-2-3-8(12)7(4-6)11-14-10(16-19-11)9-5-13-17-15-9/h2-5H,12H2,1H3,(H,13,15,17). The minimum absolute atomic E-state index is 0.300. The summed E-state index contributed by atoms with van der Waals surface area (Å²) in [5, 5.41) is 13.9. The fourth-order valence-corrected chi connectivity index (χ4v) is 1.59. The second-order valence-corrected chi connectivity index (χ2v) is 3.73. The SMILES string of the molecule is COc1ccc(N)c(-c2nc(-c3cn[nH]n3)no2)c1. The molecule has 3 rings (SSSR count). The highest BCUT2D eigenvalue weighted by Crippen LogP contribution is 2.29. The van der Waals surface area contributed by atoms with E-state index < -0.39 is 0 Å². The van der Waals surface area contributed by atoms with Crippen LogP contribution in [0.4, 0.5) is 5.69 Å². The number of nitrogens with zero attached hydrogens (tertiary/aromatic N) is 4. The number of ether oxygens (including phenoxy) is 1. The van der Waals surface area contributed by atoms with Gasteiger partial charge in [0.25, 0.3) is 5.89 Å². The zero-order valence-corrected chi connectivity index (χ0v) is 9.99. The molecule has 0 unspecified atom stereocenters. The van der Waals surface area contributed by atoms with Crippen LogP contribution in [0.15, 0.2) is 28.9 Å². The van der Waals surface area contributed by atoms with E-state index in [1.807, 2.05) is 0 Å². The van der Waals surface area contributed by atoms with Gasteiger partial charge in [-0.2, -0.15) is 20.4 Å². The molecule has 1 aromatic carbocycles. The number of anilines is 1. The van der Waals surface area contributed by atoms with Gasteiger partial charge in [0.05, 0.1) is 18.9 Å². The van der Waals surface area contributed by atoms with Crippen LogP contribution in [0, 0.1) is 0 Å². The van der Waals surface area contributed by atoms with Crippen LogP contribution in [0.5, 0.6) is 5.75 Å². The molecule has 3 N–H and O–H groups in total. The number of hydrogen-bond acceptors (Lipinski definition) is 7. The van der Waals surface area contributed by atoms with E-state index in [1.54, 1.807) is 25.3 Å². The van der Waals surface area contributed by atoms with E-state index in [9.17, 15) is 0 Å². The van der Waals surface area contributed by atoms with E-state index in [-0.39, 0.29) is 0 Å². The molecule has 0 radical (unpaired) electrons. The normalized spacial score (nSPS) is 10.6. The summed E-state index contributed by atoms with van der Waals surface area (Å²) in [4.78, 5) is 4.22. The van der Waals surface area contributed by atoms with Gasteiger partial charge in [-0.3, -0.25) is 0 Å². The molecule has 96 valence electrons. The van der Waals surface area contributed by atoms with Crippen LogP contribution in [0.1, 0.15) is 0 Å². The van der Waals surface area contributed by atoms with Crippen molar-refractivity contribution in [3.05, 3.63) is 24.4 Å². The van der Waals surface area contributed by atoms with Crippen LogP contribution < -0.4 is 10.5 Å². The predicted octanol–water partition coefficient (Wildman–Crippen LogP) is 1.11. The van der Waals surface area contributed by atoms with Crippen molar-refractivity contribution in [2.45, 2.75) is 0 Å². The fraction of sp³-hybridized carbons (Fsp3) is 0.0909. The van der Waals surface area contributed by atoms with E-state index in [2.05, 4.69) is 25.6 Å². The van der Waals surface area contributed by atoms with Crippen molar-refractivity contribution < 1.29 is 9.26 Å². The Labute approximate surface area is 107 Å². The lowest BCUT2D eigenvalue weighted by Crippen LogP contribution is -1.92. The number of aromatic nitrogens is 5. The lowest BCUT2D eigenvalue weighted by molar-refractivity contribution is 0.413. The Kier molecular flexibility index (Phi) is 2.60. The summed E-state index contributed by atoms with van der Waals surface area (Å²) < 4.78 is 10.3. The lowest BCUT2D eigenvalue weighted by Gasteiger charge is -2.03. The van der Waals surface area contributed by atoms with E-state index >= 15 is 0 Å². The average molecular weight is 258 g/mol. The molecule has 0 amide bonds. The van der Waals surface area contributed by atoms with E-state index in [4.69, 9.17) is 15.0 Å². The summed E-state index contributed by atoms with van der Waals surface area (Å²) in [6.07, 6.45) is 1.50. The minimum Gasteiger partial charge on any atom is -0.497 e. The first-order valence-corrected chi connectivity index (χ1v) is 5.41. The van der Waals surface area contributed by atoms with Crippen molar-refractivity contribution >= 4 is 5.69 Å². The monoisotopic (exact) mass is 258 g/mol. The van der Waals surface area contributed by atoms with Gasteiger partial charge in [0.2, 0.25) is 5.82 Å². The third kappa shape index (κ3) is 1.99. The van der Waals surface area contributed by atoms with E-state index in [0.29, 0.717) is 34.4 Å². The van der Waals surface area contributed by atoms with Crippen LogP contribution in [0.3, 0.4) is 0 Å². The quantitative estimate of drug-likeness (QED) is 0.676. The summed E-state index contributed by atoms with van der Waals surface area (Å²) in [6.45, 7) is 0. The van der Waals surface area contributed by atoms with Gasteiger partial charge in [-0.25, -0.2) is 0 Å². The van der Waals surface area contributed by atoms with Crippen LogP contribution in [0.25, 0.3) is 23.0 Å². The highest BCUT2D eigenvalue weighted by molar-refractivity contribution is 5.72. The van der Waals surface area contributed by atoms with Crippen molar-refractivity contribution in [3.63, 3.8) is 0 Å². The first-order chi connectivity index (χ1) is 9.28. The largest absolute Gasteiger partial charge is 0.497 e. The number of H-pyrrole nitrogens is 1. The topological polar surface area (TPSA) is 116 Å². The minimum atomic E-state index is 0.300. The number of rotatable bonds is 3. The molecule has 0 fully saturated rings. The second-order valence-electron chi connectivity index (χ2n) is 3.73. The Morgan fingerprint density at radius 3 is 3.00 bits per heavy atom. The molecule has 0 bridgehead atoms. The third-order valence-corrected chi connectivity index (χ3v) is 2.56. The number of benzene rings is 1. The molecular weight excluding hydrogens is 248 g/mol. The molecule has 0 aliphatic rings. The molecule has 2 heterocycles.